The van der Waals surface area contributed by atoms with Gasteiger partial charge in [0, 0.05) is 17.0 Å². The molecule has 5 nitrogen and oxygen atoms in total. The summed E-state index contributed by atoms with van der Waals surface area (Å²) in [6, 6.07) is 4.22. The van der Waals surface area contributed by atoms with Gasteiger partial charge in [-0.15, -0.1) is 5.10 Å². The van der Waals surface area contributed by atoms with E-state index in [0.29, 0.717) is 22.3 Å². The van der Waals surface area contributed by atoms with E-state index in [-0.39, 0.29) is 12.2 Å². The SMILES string of the molecule is O=C(O)CCc1cn(-c2cc(F)ccc2Br)nn1. The van der Waals surface area contributed by atoms with Crippen LogP contribution in [-0.2, 0) is 11.2 Å². The molecule has 0 aliphatic rings. The van der Waals surface area contributed by atoms with Gasteiger partial charge in [-0.05, 0) is 28.1 Å². The Morgan fingerprint density at radius 3 is 3.00 bits per heavy atom. The molecule has 2 aromatic rings. The molecule has 0 amide bonds. The highest BCUT2D eigenvalue weighted by Gasteiger charge is 2.08. The molecule has 18 heavy (non-hydrogen) atoms. The smallest absolute Gasteiger partial charge is 0.303 e. The van der Waals surface area contributed by atoms with Gasteiger partial charge in [-0.25, -0.2) is 9.07 Å². The molecule has 7 heteroatoms. The van der Waals surface area contributed by atoms with Crippen molar-refractivity contribution in [2.45, 2.75) is 12.8 Å². The number of carboxylic acid groups (broad SMARTS) is 1. The van der Waals surface area contributed by atoms with Crippen molar-refractivity contribution in [1.82, 2.24) is 15.0 Å². The fourth-order valence-electron chi connectivity index (χ4n) is 1.43. The van der Waals surface area contributed by atoms with E-state index in [1.807, 2.05) is 0 Å². The predicted molar refractivity (Wildman–Crippen MR) is 65.0 cm³/mol. The summed E-state index contributed by atoms with van der Waals surface area (Å²) >= 11 is 3.29. The summed E-state index contributed by atoms with van der Waals surface area (Å²) in [6.07, 6.45) is 1.87. The summed E-state index contributed by atoms with van der Waals surface area (Å²) < 4.78 is 15.2. The zero-order chi connectivity index (χ0) is 13.1. The molecule has 0 saturated heterocycles. The van der Waals surface area contributed by atoms with Gasteiger partial charge in [-0.1, -0.05) is 5.21 Å². The second-order valence-electron chi connectivity index (χ2n) is 3.64. The maximum Gasteiger partial charge on any atom is 0.303 e. The number of aromatic nitrogens is 3. The van der Waals surface area contributed by atoms with E-state index in [0.717, 1.165) is 0 Å². The van der Waals surface area contributed by atoms with Crippen LogP contribution in [0.1, 0.15) is 12.1 Å². The van der Waals surface area contributed by atoms with Crippen molar-refractivity contribution < 1.29 is 14.3 Å². The van der Waals surface area contributed by atoms with Crippen molar-refractivity contribution in [3.05, 3.63) is 40.4 Å². The van der Waals surface area contributed by atoms with Crippen LogP contribution in [0.25, 0.3) is 5.69 Å². The zero-order valence-corrected chi connectivity index (χ0v) is 10.8. The zero-order valence-electron chi connectivity index (χ0n) is 9.18. The van der Waals surface area contributed by atoms with E-state index in [9.17, 15) is 9.18 Å². The number of hydrogen-bond donors (Lipinski definition) is 1. The molecule has 1 heterocycles. The molecule has 0 atom stereocenters. The van der Waals surface area contributed by atoms with Gasteiger partial charge < -0.3 is 5.11 Å². The molecule has 1 aromatic heterocycles. The number of benzene rings is 1. The first-order valence-electron chi connectivity index (χ1n) is 5.14. The summed E-state index contributed by atoms with van der Waals surface area (Å²) in [7, 11) is 0. The minimum absolute atomic E-state index is 0.0109. The van der Waals surface area contributed by atoms with E-state index >= 15 is 0 Å². The van der Waals surface area contributed by atoms with Crippen LogP contribution >= 0.6 is 15.9 Å². The summed E-state index contributed by atoms with van der Waals surface area (Å²) in [4.78, 5) is 10.4. The van der Waals surface area contributed by atoms with Crippen LogP contribution < -0.4 is 0 Å². The Morgan fingerprint density at radius 1 is 1.50 bits per heavy atom. The lowest BCUT2D eigenvalue weighted by molar-refractivity contribution is -0.136. The Kier molecular flexibility index (Phi) is 3.71. The van der Waals surface area contributed by atoms with Crippen molar-refractivity contribution in [3.63, 3.8) is 0 Å². The minimum atomic E-state index is -0.892. The first kappa shape index (κ1) is 12.7. The quantitative estimate of drug-likeness (QED) is 0.939. The van der Waals surface area contributed by atoms with E-state index in [2.05, 4.69) is 26.2 Å². The first-order valence-corrected chi connectivity index (χ1v) is 5.94. The second-order valence-corrected chi connectivity index (χ2v) is 4.50. The van der Waals surface area contributed by atoms with Gasteiger partial charge in [0.25, 0.3) is 0 Å². The molecule has 1 N–H and O–H groups in total. The van der Waals surface area contributed by atoms with Crippen LogP contribution in [0.5, 0.6) is 0 Å². The van der Waals surface area contributed by atoms with Crippen LogP contribution in [0.4, 0.5) is 4.39 Å². The lowest BCUT2D eigenvalue weighted by Crippen LogP contribution is -1.97. The van der Waals surface area contributed by atoms with Gasteiger partial charge in [0.2, 0.25) is 0 Å². The standard InChI is InChI=1S/C11H9BrFN3O2/c12-9-3-1-7(13)5-10(9)16-6-8(14-15-16)2-4-11(17)18/h1,3,5-6H,2,4H2,(H,17,18). The molecule has 0 saturated carbocycles. The van der Waals surface area contributed by atoms with Crippen LogP contribution in [-0.4, -0.2) is 26.1 Å². The molecule has 0 aliphatic heterocycles. The number of carboxylic acids is 1. The summed E-state index contributed by atoms with van der Waals surface area (Å²) in [5.41, 5.74) is 1.07. The highest BCUT2D eigenvalue weighted by molar-refractivity contribution is 9.10. The highest BCUT2D eigenvalue weighted by Crippen LogP contribution is 2.21. The number of nitrogens with zero attached hydrogens (tertiary/aromatic N) is 3. The van der Waals surface area contributed by atoms with E-state index < -0.39 is 5.97 Å². The first-order chi connectivity index (χ1) is 8.56. The lowest BCUT2D eigenvalue weighted by Gasteiger charge is -2.02. The van der Waals surface area contributed by atoms with Crippen LogP contribution in [0.2, 0.25) is 0 Å². The molecule has 0 aliphatic carbocycles. The third-order valence-corrected chi connectivity index (χ3v) is 2.96. The lowest BCUT2D eigenvalue weighted by atomic mass is 10.2. The van der Waals surface area contributed by atoms with E-state index in [1.165, 1.54) is 16.8 Å². The van der Waals surface area contributed by atoms with Gasteiger partial charge in [0.05, 0.1) is 24.0 Å². The number of carbonyl (C=O) groups is 1. The minimum Gasteiger partial charge on any atom is -0.481 e. The Labute approximate surface area is 110 Å². The van der Waals surface area contributed by atoms with Crippen molar-refractivity contribution in [1.29, 1.82) is 0 Å². The Bertz CT molecular complexity index is 585. The predicted octanol–water partition coefficient (Wildman–Crippen LogP) is 2.19. The van der Waals surface area contributed by atoms with E-state index in [4.69, 9.17) is 5.11 Å². The van der Waals surface area contributed by atoms with Gasteiger partial charge in [-0.3, -0.25) is 4.79 Å². The fourth-order valence-corrected chi connectivity index (χ4v) is 1.86. The van der Waals surface area contributed by atoms with Crippen molar-refractivity contribution >= 4 is 21.9 Å². The fraction of sp³-hybridized carbons (Fsp3) is 0.182. The van der Waals surface area contributed by atoms with Gasteiger partial charge in [-0.2, -0.15) is 0 Å². The molecular weight excluding hydrogens is 305 g/mol. The Hall–Kier alpha value is -1.76. The normalized spacial score (nSPS) is 10.6. The third kappa shape index (κ3) is 2.92. The highest BCUT2D eigenvalue weighted by atomic mass is 79.9. The average Bonchev–Trinajstić information content (AvgIpc) is 2.78. The van der Waals surface area contributed by atoms with Crippen LogP contribution in [0.15, 0.2) is 28.9 Å². The van der Waals surface area contributed by atoms with Crippen molar-refractivity contribution in [3.8, 4) is 5.69 Å². The molecule has 0 spiro atoms. The summed E-state index contributed by atoms with van der Waals surface area (Å²) in [5.74, 6) is -1.27. The number of aryl methyl sites for hydroxylation is 1. The molecule has 94 valence electrons. The topological polar surface area (TPSA) is 68.0 Å². The van der Waals surface area contributed by atoms with Crippen LogP contribution in [0.3, 0.4) is 0 Å². The van der Waals surface area contributed by atoms with Crippen molar-refractivity contribution in [2.24, 2.45) is 0 Å². The number of hydrogen-bond acceptors (Lipinski definition) is 3. The number of halogens is 2. The van der Waals surface area contributed by atoms with Gasteiger partial charge >= 0.3 is 5.97 Å². The molecule has 2 rings (SSSR count). The molecule has 0 bridgehead atoms. The molecule has 1 aromatic carbocycles. The molecule has 0 radical (unpaired) electrons. The maximum atomic E-state index is 13.1. The second kappa shape index (κ2) is 5.26. The van der Waals surface area contributed by atoms with Crippen molar-refractivity contribution in [2.75, 3.05) is 0 Å². The number of aliphatic carboxylic acids is 1. The molecule has 0 unspecified atom stereocenters. The average molecular weight is 314 g/mol. The van der Waals surface area contributed by atoms with Gasteiger partial charge in [0.15, 0.2) is 0 Å². The van der Waals surface area contributed by atoms with E-state index in [1.54, 1.807) is 12.3 Å². The third-order valence-electron chi connectivity index (χ3n) is 2.29. The summed E-state index contributed by atoms with van der Waals surface area (Å²) in [6.45, 7) is 0. The summed E-state index contributed by atoms with van der Waals surface area (Å²) in [5, 5.41) is 16.3. The largest absolute Gasteiger partial charge is 0.481 e. The van der Waals surface area contributed by atoms with Gasteiger partial charge in [0.1, 0.15) is 5.82 Å². The Balaban J connectivity index is 2.23. The van der Waals surface area contributed by atoms with Crippen LogP contribution in [0, 0.1) is 5.82 Å². The number of rotatable bonds is 4. The molecule has 0 fully saturated rings. The maximum absolute atomic E-state index is 13.1. The molecular formula is C11H9BrFN3O2. The Morgan fingerprint density at radius 2 is 2.28 bits per heavy atom. The monoisotopic (exact) mass is 313 g/mol.